The number of aliphatic hydroxyl groups excluding tert-OH is 1. The number of piperidine rings is 1. The van der Waals surface area contributed by atoms with Crippen molar-refractivity contribution in [3.05, 3.63) is 35.9 Å². The van der Waals surface area contributed by atoms with Crippen molar-refractivity contribution >= 4 is 0 Å². The Morgan fingerprint density at radius 1 is 1.04 bits per heavy atom. The molecule has 0 radical (unpaired) electrons. The molecule has 1 aromatic carbocycles. The lowest BCUT2D eigenvalue weighted by Crippen LogP contribution is -2.57. The predicted octanol–water partition coefficient (Wildman–Crippen LogP) is 2.65. The standard InChI is InChI=1S/C20H30N2O/c23-19-9-16(10-19)11-21-20-17-7-4-8-18(20)14-22(13-17)12-15-5-2-1-3-6-15/h1-3,5-6,16-21,23H,4,7-14H2. The maximum atomic E-state index is 9.46. The normalized spacial score (nSPS) is 37.3. The first-order chi connectivity index (χ1) is 11.3. The van der Waals surface area contributed by atoms with Gasteiger partial charge in [-0.3, -0.25) is 4.90 Å². The lowest BCUT2D eigenvalue weighted by atomic mass is 9.72. The number of benzene rings is 1. The van der Waals surface area contributed by atoms with Gasteiger partial charge in [-0.15, -0.1) is 0 Å². The summed E-state index contributed by atoms with van der Waals surface area (Å²) < 4.78 is 0. The number of rotatable bonds is 5. The largest absolute Gasteiger partial charge is 0.393 e. The van der Waals surface area contributed by atoms with Gasteiger partial charge in [0.2, 0.25) is 0 Å². The molecule has 2 aliphatic carbocycles. The van der Waals surface area contributed by atoms with Crippen LogP contribution in [0.25, 0.3) is 0 Å². The minimum absolute atomic E-state index is 0.0194. The Morgan fingerprint density at radius 2 is 1.74 bits per heavy atom. The zero-order chi connectivity index (χ0) is 15.6. The summed E-state index contributed by atoms with van der Waals surface area (Å²) in [7, 11) is 0. The Morgan fingerprint density at radius 3 is 2.39 bits per heavy atom. The molecule has 0 spiro atoms. The van der Waals surface area contributed by atoms with Crippen LogP contribution in [-0.4, -0.2) is 41.8 Å². The molecule has 1 heterocycles. The fraction of sp³-hybridized carbons (Fsp3) is 0.700. The van der Waals surface area contributed by atoms with Crippen LogP contribution in [0.3, 0.4) is 0 Å². The van der Waals surface area contributed by atoms with E-state index in [1.54, 1.807) is 0 Å². The fourth-order valence-corrected chi connectivity index (χ4v) is 5.01. The first-order valence-corrected chi connectivity index (χ1v) is 9.45. The maximum absolute atomic E-state index is 9.46. The van der Waals surface area contributed by atoms with Gasteiger partial charge in [0.25, 0.3) is 0 Å². The Bertz CT molecular complexity index is 486. The average Bonchev–Trinajstić information content (AvgIpc) is 2.51. The van der Waals surface area contributed by atoms with Crippen molar-refractivity contribution in [2.75, 3.05) is 19.6 Å². The molecule has 3 fully saturated rings. The molecule has 3 aliphatic rings. The van der Waals surface area contributed by atoms with E-state index >= 15 is 0 Å². The molecule has 2 atom stereocenters. The van der Waals surface area contributed by atoms with Gasteiger partial charge in [-0.25, -0.2) is 0 Å². The smallest absolute Gasteiger partial charge is 0.0546 e. The Kier molecular flexibility index (Phi) is 4.70. The summed E-state index contributed by atoms with van der Waals surface area (Å²) in [5, 5.41) is 13.3. The third-order valence-corrected chi connectivity index (χ3v) is 6.25. The van der Waals surface area contributed by atoms with E-state index < -0.39 is 0 Å². The van der Waals surface area contributed by atoms with E-state index in [-0.39, 0.29) is 6.10 Å². The van der Waals surface area contributed by atoms with Gasteiger partial charge in [0.15, 0.2) is 0 Å². The van der Waals surface area contributed by atoms with Gasteiger partial charge >= 0.3 is 0 Å². The Labute approximate surface area is 140 Å². The van der Waals surface area contributed by atoms with Crippen LogP contribution in [0.2, 0.25) is 0 Å². The lowest BCUT2D eigenvalue weighted by molar-refractivity contribution is 0.0189. The highest BCUT2D eigenvalue weighted by molar-refractivity contribution is 5.14. The quantitative estimate of drug-likeness (QED) is 0.877. The summed E-state index contributed by atoms with van der Waals surface area (Å²) in [5.74, 6) is 2.35. The summed E-state index contributed by atoms with van der Waals surface area (Å²) in [6.07, 6.45) is 6.17. The molecule has 126 valence electrons. The van der Waals surface area contributed by atoms with Crippen molar-refractivity contribution in [3.8, 4) is 0 Å². The van der Waals surface area contributed by atoms with Crippen LogP contribution in [0.4, 0.5) is 0 Å². The molecular formula is C20H30N2O. The predicted molar refractivity (Wildman–Crippen MR) is 93.1 cm³/mol. The third kappa shape index (κ3) is 3.62. The zero-order valence-electron chi connectivity index (χ0n) is 14.0. The summed E-state index contributed by atoms with van der Waals surface area (Å²) in [6.45, 7) is 4.72. The highest BCUT2D eigenvalue weighted by Gasteiger charge is 2.39. The van der Waals surface area contributed by atoms with Gasteiger partial charge in [0.05, 0.1) is 6.10 Å². The van der Waals surface area contributed by atoms with E-state index in [1.807, 2.05) is 0 Å². The summed E-state index contributed by atoms with van der Waals surface area (Å²) >= 11 is 0. The maximum Gasteiger partial charge on any atom is 0.0546 e. The SMILES string of the molecule is OC1CC(CNC2C3CCCC2CN(Cc2ccccc2)C3)C1. The first-order valence-electron chi connectivity index (χ1n) is 9.45. The van der Waals surface area contributed by atoms with E-state index in [9.17, 15) is 5.11 Å². The number of aliphatic hydroxyl groups is 1. The molecule has 1 aliphatic heterocycles. The van der Waals surface area contributed by atoms with E-state index in [0.29, 0.717) is 12.0 Å². The number of nitrogens with one attached hydrogen (secondary N) is 1. The van der Waals surface area contributed by atoms with Crippen LogP contribution in [0, 0.1) is 17.8 Å². The van der Waals surface area contributed by atoms with Crippen molar-refractivity contribution < 1.29 is 5.11 Å². The molecule has 4 rings (SSSR count). The van der Waals surface area contributed by atoms with Crippen molar-refractivity contribution in [2.45, 2.75) is 50.8 Å². The molecule has 23 heavy (non-hydrogen) atoms. The highest BCUT2D eigenvalue weighted by atomic mass is 16.3. The second kappa shape index (κ2) is 6.92. The summed E-state index contributed by atoms with van der Waals surface area (Å²) in [6, 6.07) is 11.6. The van der Waals surface area contributed by atoms with Crippen LogP contribution in [0.5, 0.6) is 0 Å². The fourth-order valence-electron chi connectivity index (χ4n) is 5.01. The zero-order valence-corrected chi connectivity index (χ0v) is 14.0. The van der Waals surface area contributed by atoms with E-state index in [2.05, 4.69) is 40.5 Å². The molecule has 0 amide bonds. The second-order valence-corrected chi connectivity index (χ2v) is 8.06. The van der Waals surface area contributed by atoms with Crippen LogP contribution in [0.1, 0.15) is 37.7 Å². The minimum atomic E-state index is -0.0194. The third-order valence-electron chi connectivity index (χ3n) is 6.25. The molecule has 2 saturated carbocycles. The van der Waals surface area contributed by atoms with Crippen molar-refractivity contribution in [2.24, 2.45) is 17.8 Å². The van der Waals surface area contributed by atoms with Crippen LogP contribution in [0.15, 0.2) is 30.3 Å². The number of hydrogen-bond donors (Lipinski definition) is 2. The topological polar surface area (TPSA) is 35.5 Å². The van der Waals surface area contributed by atoms with E-state index in [0.717, 1.165) is 37.8 Å². The Balaban J connectivity index is 1.33. The monoisotopic (exact) mass is 314 g/mol. The van der Waals surface area contributed by atoms with Gasteiger partial charge in [-0.2, -0.15) is 0 Å². The number of hydrogen-bond acceptors (Lipinski definition) is 3. The van der Waals surface area contributed by atoms with Crippen LogP contribution in [-0.2, 0) is 6.54 Å². The molecular weight excluding hydrogens is 284 g/mol. The van der Waals surface area contributed by atoms with Gasteiger partial charge < -0.3 is 10.4 Å². The van der Waals surface area contributed by atoms with Crippen molar-refractivity contribution in [1.29, 1.82) is 0 Å². The van der Waals surface area contributed by atoms with Gasteiger partial charge in [-0.05, 0) is 55.5 Å². The van der Waals surface area contributed by atoms with Crippen molar-refractivity contribution in [3.63, 3.8) is 0 Å². The van der Waals surface area contributed by atoms with Gasteiger partial charge in [-0.1, -0.05) is 36.8 Å². The van der Waals surface area contributed by atoms with E-state index in [1.165, 1.54) is 37.9 Å². The molecule has 2 bridgehead atoms. The summed E-state index contributed by atoms with van der Waals surface area (Å²) in [4.78, 5) is 2.68. The molecule has 1 aromatic rings. The first kappa shape index (κ1) is 15.6. The molecule has 2 N–H and O–H groups in total. The second-order valence-electron chi connectivity index (χ2n) is 8.06. The number of nitrogens with zero attached hydrogens (tertiary/aromatic N) is 1. The summed E-state index contributed by atoms with van der Waals surface area (Å²) in [5.41, 5.74) is 1.44. The van der Waals surface area contributed by atoms with Gasteiger partial charge in [0, 0.05) is 25.7 Å². The molecule has 3 nitrogen and oxygen atoms in total. The minimum Gasteiger partial charge on any atom is -0.393 e. The van der Waals surface area contributed by atoms with Crippen LogP contribution < -0.4 is 5.32 Å². The highest BCUT2D eigenvalue weighted by Crippen LogP contribution is 2.36. The van der Waals surface area contributed by atoms with Crippen LogP contribution >= 0.6 is 0 Å². The number of fused-ring (bicyclic) bond motifs is 2. The molecule has 2 unspecified atom stereocenters. The average molecular weight is 314 g/mol. The molecule has 3 heteroatoms. The Hall–Kier alpha value is -0.900. The van der Waals surface area contributed by atoms with Gasteiger partial charge in [0.1, 0.15) is 0 Å². The number of likely N-dealkylation sites (tertiary alicyclic amines) is 1. The molecule has 0 aromatic heterocycles. The van der Waals surface area contributed by atoms with Crippen molar-refractivity contribution in [1.82, 2.24) is 10.2 Å². The van der Waals surface area contributed by atoms with E-state index in [4.69, 9.17) is 0 Å². The molecule has 1 saturated heterocycles. The lowest BCUT2D eigenvalue weighted by Gasteiger charge is -2.48.